The number of carbonyl (C=O) groups is 2. The highest BCUT2D eigenvalue weighted by Crippen LogP contribution is 2.45. The van der Waals surface area contributed by atoms with Gasteiger partial charge in [0.2, 0.25) is 5.91 Å². The summed E-state index contributed by atoms with van der Waals surface area (Å²) in [5.41, 5.74) is 1.74. The molecular formula is C24H31N5O2. The number of carbonyl (C=O) groups excluding carboxylic acids is 2. The van der Waals surface area contributed by atoms with Gasteiger partial charge in [0.1, 0.15) is 0 Å². The summed E-state index contributed by atoms with van der Waals surface area (Å²) >= 11 is 0. The molecule has 0 bridgehead atoms. The number of aromatic nitrogens is 2. The Labute approximate surface area is 183 Å². The fraction of sp³-hybridized carbons (Fsp3) is 0.542. The summed E-state index contributed by atoms with van der Waals surface area (Å²) in [6.07, 6.45) is 5.91. The molecule has 1 atom stereocenters. The Bertz CT molecular complexity index is 946. The normalized spacial score (nSPS) is 22.5. The maximum Gasteiger partial charge on any atom is 0.257 e. The lowest BCUT2D eigenvalue weighted by molar-refractivity contribution is -0.131. The summed E-state index contributed by atoms with van der Waals surface area (Å²) in [5.74, 6) is 0.769. The molecule has 0 radical (unpaired) electrons. The Balaban J connectivity index is 1.28. The van der Waals surface area contributed by atoms with Crippen molar-refractivity contribution in [2.45, 2.75) is 32.9 Å². The first kappa shape index (κ1) is 20.2. The molecule has 7 nitrogen and oxygen atoms in total. The topological polar surface area (TPSA) is 70.5 Å². The molecule has 1 unspecified atom stereocenters. The first-order valence-electron chi connectivity index (χ1n) is 11.4. The van der Waals surface area contributed by atoms with Crippen molar-refractivity contribution in [3.63, 3.8) is 0 Å². The molecule has 1 aromatic heterocycles. The van der Waals surface area contributed by atoms with Crippen molar-refractivity contribution in [3.8, 4) is 0 Å². The van der Waals surface area contributed by atoms with Gasteiger partial charge in [0.05, 0.1) is 17.7 Å². The van der Waals surface area contributed by atoms with Gasteiger partial charge in [0, 0.05) is 57.4 Å². The predicted octanol–water partition coefficient (Wildman–Crippen LogP) is 2.00. The molecule has 2 aliphatic heterocycles. The summed E-state index contributed by atoms with van der Waals surface area (Å²) in [6, 6.07) is 10.4. The Hall–Kier alpha value is -2.67. The Morgan fingerprint density at radius 3 is 2.61 bits per heavy atom. The zero-order valence-corrected chi connectivity index (χ0v) is 18.2. The molecule has 1 saturated carbocycles. The Kier molecular flexibility index (Phi) is 5.30. The average molecular weight is 422 g/mol. The summed E-state index contributed by atoms with van der Waals surface area (Å²) < 4.78 is 1.77. The highest BCUT2D eigenvalue weighted by molar-refractivity contribution is 5.94. The summed E-state index contributed by atoms with van der Waals surface area (Å²) in [7, 11) is 0. The summed E-state index contributed by atoms with van der Waals surface area (Å²) in [4.78, 5) is 30.3. The van der Waals surface area contributed by atoms with Crippen molar-refractivity contribution in [2.75, 3.05) is 32.7 Å². The van der Waals surface area contributed by atoms with Crippen LogP contribution in [0.3, 0.4) is 0 Å². The van der Waals surface area contributed by atoms with Crippen molar-refractivity contribution >= 4 is 11.8 Å². The number of aryl methyl sites for hydroxylation is 1. The number of likely N-dealkylation sites (tertiary alicyclic amines) is 2. The monoisotopic (exact) mass is 421 g/mol. The fourth-order valence-electron chi connectivity index (χ4n) is 5.09. The van der Waals surface area contributed by atoms with Crippen LogP contribution in [-0.4, -0.2) is 64.1 Å². The Morgan fingerprint density at radius 2 is 1.94 bits per heavy atom. The van der Waals surface area contributed by atoms with E-state index in [4.69, 9.17) is 0 Å². The van der Waals surface area contributed by atoms with E-state index in [-0.39, 0.29) is 23.1 Å². The molecule has 3 heterocycles. The van der Waals surface area contributed by atoms with Gasteiger partial charge in [-0.25, -0.2) is 0 Å². The van der Waals surface area contributed by atoms with Crippen LogP contribution in [0.1, 0.15) is 35.7 Å². The minimum atomic E-state index is -0.154. The molecule has 1 N–H and O–H groups in total. The van der Waals surface area contributed by atoms with Gasteiger partial charge in [0.25, 0.3) is 5.91 Å². The largest absolute Gasteiger partial charge is 0.356 e. The number of hydrogen-bond donors (Lipinski definition) is 1. The second-order valence-electron chi connectivity index (χ2n) is 9.50. The SMILES string of the molecule is CCn1cc(C(=O)N2CC3(CN(Cc4ccccc4)CC3C(=O)NCC3CC3)C2)cn1. The van der Waals surface area contributed by atoms with Crippen LogP contribution in [0, 0.1) is 17.3 Å². The van der Waals surface area contributed by atoms with E-state index < -0.39 is 0 Å². The minimum Gasteiger partial charge on any atom is -0.356 e. The molecule has 3 fully saturated rings. The van der Waals surface area contributed by atoms with Crippen LogP contribution in [0.5, 0.6) is 0 Å². The highest BCUT2D eigenvalue weighted by Gasteiger charge is 2.57. The van der Waals surface area contributed by atoms with Crippen LogP contribution in [0.25, 0.3) is 0 Å². The Morgan fingerprint density at radius 1 is 1.16 bits per heavy atom. The molecule has 3 aliphatic rings. The van der Waals surface area contributed by atoms with Crippen LogP contribution in [-0.2, 0) is 17.9 Å². The number of hydrogen-bond acceptors (Lipinski definition) is 4. The third-order valence-electron chi connectivity index (χ3n) is 7.05. The third-order valence-corrected chi connectivity index (χ3v) is 7.05. The van der Waals surface area contributed by atoms with Crippen molar-refractivity contribution < 1.29 is 9.59 Å². The van der Waals surface area contributed by atoms with Crippen molar-refractivity contribution in [2.24, 2.45) is 17.3 Å². The highest BCUT2D eigenvalue weighted by atomic mass is 16.2. The van der Waals surface area contributed by atoms with Crippen LogP contribution < -0.4 is 5.32 Å². The van der Waals surface area contributed by atoms with Gasteiger partial charge in [-0.15, -0.1) is 0 Å². The molecule has 1 aliphatic carbocycles. The van der Waals surface area contributed by atoms with E-state index in [1.165, 1.54) is 18.4 Å². The van der Waals surface area contributed by atoms with Gasteiger partial charge in [-0.3, -0.25) is 19.2 Å². The van der Waals surface area contributed by atoms with Gasteiger partial charge < -0.3 is 10.2 Å². The predicted molar refractivity (Wildman–Crippen MR) is 117 cm³/mol. The van der Waals surface area contributed by atoms with E-state index in [2.05, 4.69) is 39.6 Å². The first-order chi connectivity index (χ1) is 15.1. The number of amides is 2. The van der Waals surface area contributed by atoms with Crippen LogP contribution in [0.2, 0.25) is 0 Å². The fourth-order valence-corrected chi connectivity index (χ4v) is 5.09. The average Bonchev–Trinajstić information content (AvgIpc) is 3.32. The molecule has 2 aromatic rings. The number of nitrogens with zero attached hydrogens (tertiary/aromatic N) is 4. The third kappa shape index (κ3) is 4.11. The molecule has 1 spiro atoms. The van der Waals surface area contributed by atoms with Gasteiger partial charge in [-0.2, -0.15) is 5.10 Å². The zero-order valence-electron chi connectivity index (χ0n) is 18.2. The maximum absolute atomic E-state index is 13.1. The van der Waals surface area contributed by atoms with Crippen molar-refractivity contribution in [1.82, 2.24) is 24.9 Å². The van der Waals surface area contributed by atoms with Crippen LogP contribution in [0.15, 0.2) is 42.7 Å². The van der Waals surface area contributed by atoms with E-state index in [0.717, 1.165) is 32.7 Å². The van der Waals surface area contributed by atoms with Gasteiger partial charge in [-0.1, -0.05) is 30.3 Å². The zero-order chi connectivity index (χ0) is 21.4. The quantitative estimate of drug-likeness (QED) is 0.742. The van der Waals surface area contributed by atoms with Crippen LogP contribution in [0.4, 0.5) is 0 Å². The summed E-state index contributed by atoms with van der Waals surface area (Å²) in [6.45, 7) is 7.25. The lowest BCUT2D eigenvalue weighted by Gasteiger charge is -2.50. The van der Waals surface area contributed by atoms with E-state index in [1.54, 1.807) is 10.9 Å². The second kappa shape index (κ2) is 8.11. The van der Waals surface area contributed by atoms with E-state index in [0.29, 0.717) is 24.6 Å². The first-order valence-corrected chi connectivity index (χ1v) is 11.4. The standard InChI is InChI=1S/C24H31N5O2/c1-2-29-13-20(11-26-29)23(31)28-16-24(17-28)15-27(12-19-6-4-3-5-7-19)14-21(24)22(30)25-10-18-8-9-18/h3-7,11,13,18,21H,2,8-10,12,14-17H2,1H3,(H,25,30). The van der Waals surface area contributed by atoms with E-state index >= 15 is 0 Å². The molecule has 2 amide bonds. The lowest BCUT2D eigenvalue weighted by atomic mass is 9.71. The minimum absolute atomic E-state index is 0.0176. The number of nitrogens with one attached hydrogen (secondary N) is 1. The summed E-state index contributed by atoms with van der Waals surface area (Å²) in [5, 5.41) is 7.43. The van der Waals surface area contributed by atoms with Crippen molar-refractivity contribution in [1.29, 1.82) is 0 Å². The molecular weight excluding hydrogens is 390 g/mol. The molecule has 2 saturated heterocycles. The van der Waals surface area contributed by atoms with Crippen molar-refractivity contribution in [3.05, 3.63) is 53.9 Å². The molecule has 5 rings (SSSR count). The molecule has 31 heavy (non-hydrogen) atoms. The van der Waals surface area contributed by atoms with Gasteiger partial charge >= 0.3 is 0 Å². The molecule has 1 aromatic carbocycles. The smallest absolute Gasteiger partial charge is 0.257 e. The lowest BCUT2D eigenvalue weighted by Crippen LogP contribution is -2.64. The second-order valence-corrected chi connectivity index (χ2v) is 9.50. The maximum atomic E-state index is 13.1. The molecule has 164 valence electrons. The van der Waals surface area contributed by atoms with Gasteiger partial charge in [-0.05, 0) is 31.2 Å². The van der Waals surface area contributed by atoms with Crippen LogP contribution >= 0.6 is 0 Å². The van der Waals surface area contributed by atoms with E-state index in [9.17, 15) is 9.59 Å². The number of benzene rings is 1. The number of rotatable bonds is 7. The van der Waals surface area contributed by atoms with E-state index in [1.807, 2.05) is 24.1 Å². The van der Waals surface area contributed by atoms with Gasteiger partial charge in [0.15, 0.2) is 0 Å². The molecule has 7 heteroatoms.